The highest BCUT2D eigenvalue weighted by Crippen LogP contribution is 2.17. The van der Waals surface area contributed by atoms with Crippen LogP contribution in [0.5, 0.6) is 0 Å². The smallest absolute Gasteiger partial charge is 0.343 e. The van der Waals surface area contributed by atoms with E-state index in [-0.39, 0.29) is 5.97 Å². The number of esters is 1. The fraction of sp³-hybridized carbons (Fsp3) is 0.182. The summed E-state index contributed by atoms with van der Waals surface area (Å²) in [5, 5.41) is 0. The normalized spacial score (nSPS) is 20.3. The van der Waals surface area contributed by atoms with Crippen molar-refractivity contribution >= 4 is 5.97 Å². The van der Waals surface area contributed by atoms with Gasteiger partial charge in [0.2, 0.25) is 0 Å². The lowest BCUT2D eigenvalue weighted by Crippen LogP contribution is -1.95. The Labute approximate surface area is 77.9 Å². The zero-order chi connectivity index (χ0) is 9.68. The number of ether oxygens (including phenoxy) is 1. The molecule has 1 aliphatic heterocycles. The fourth-order valence-corrected chi connectivity index (χ4v) is 0.977. The van der Waals surface area contributed by atoms with Gasteiger partial charge in [-0.25, -0.2) is 4.79 Å². The van der Waals surface area contributed by atoms with Gasteiger partial charge in [-0.05, 0) is 26.0 Å². The van der Waals surface area contributed by atoms with Crippen LogP contribution in [0.2, 0.25) is 0 Å². The fourth-order valence-electron chi connectivity index (χ4n) is 0.977. The molecule has 0 aromatic heterocycles. The Bertz CT molecular complexity index is 317. The van der Waals surface area contributed by atoms with Crippen LogP contribution in [0.25, 0.3) is 0 Å². The van der Waals surface area contributed by atoms with E-state index in [4.69, 9.17) is 4.74 Å². The molecule has 1 heterocycles. The molecule has 2 nitrogen and oxygen atoms in total. The Balaban J connectivity index is 2.82. The first-order chi connectivity index (χ1) is 6.27. The largest absolute Gasteiger partial charge is 0.423 e. The molecule has 0 amide bonds. The molecule has 0 bridgehead atoms. The van der Waals surface area contributed by atoms with Crippen molar-refractivity contribution in [1.82, 2.24) is 0 Å². The molecule has 1 aliphatic rings. The van der Waals surface area contributed by atoms with Gasteiger partial charge < -0.3 is 4.74 Å². The first-order valence-corrected chi connectivity index (χ1v) is 4.17. The summed E-state index contributed by atoms with van der Waals surface area (Å²) in [4.78, 5) is 11.1. The van der Waals surface area contributed by atoms with Crippen molar-refractivity contribution < 1.29 is 9.53 Å². The number of hydrogen-bond acceptors (Lipinski definition) is 2. The molecule has 0 aromatic rings. The minimum atomic E-state index is -0.283. The molecule has 2 heteroatoms. The summed E-state index contributed by atoms with van der Waals surface area (Å²) in [6.45, 7) is 3.77. The van der Waals surface area contributed by atoms with Crippen molar-refractivity contribution in [3.63, 3.8) is 0 Å². The summed E-state index contributed by atoms with van der Waals surface area (Å²) in [5.41, 5.74) is 0.596. The number of hydrogen-bond donors (Lipinski definition) is 0. The molecule has 0 radical (unpaired) electrons. The molecule has 0 N–H and O–H groups in total. The lowest BCUT2D eigenvalue weighted by Gasteiger charge is -1.91. The Morgan fingerprint density at radius 3 is 2.69 bits per heavy atom. The lowest BCUT2D eigenvalue weighted by atomic mass is 10.2. The van der Waals surface area contributed by atoms with Gasteiger partial charge in [0.15, 0.2) is 0 Å². The summed E-state index contributed by atoms with van der Waals surface area (Å²) < 4.78 is 4.96. The maximum absolute atomic E-state index is 11.1. The summed E-state index contributed by atoms with van der Waals surface area (Å²) in [6.07, 6.45) is 10.7. The van der Waals surface area contributed by atoms with Gasteiger partial charge in [0.05, 0.1) is 5.57 Å². The number of carbonyl (C=O) groups excluding carboxylic acids is 1. The quantitative estimate of drug-likeness (QED) is 0.604. The van der Waals surface area contributed by atoms with Crippen LogP contribution >= 0.6 is 0 Å². The first kappa shape index (κ1) is 9.52. The average molecular weight is 176 g/mol. The monoisotopic (exact) mass is 176 g/mol. The van der Waals surface area contributed by atoms with Crippen LogP contribution in [0.3, 0.4) is 0 Å². The molecular weight excluding hydrogens is 164 g/mol. The second-order valence-electron chi connectivity index (χ2n) is 2.58. The van der Waals surface area contributed by atoms with Crippen LogP contribution in [0.4, 0.5) is 0 Å². The van der Waals surface area contributed by atoms with Crippen LogP contribution in [-0.4, -0.2) is 5.97 Å². The highest BCUT2D eigenvalue weighted by atomic mass is 16.5. The summed E-state index contributed by atoms with van der Waals surface area (Å²) >= 11 is 0. The van der Waals surface area contributed by atoms with Gasteiger partial charge in [0.25, 0.3) is 0 Å². The maximum Gasteiger partial charge on any atom is 0.343 e. The number of allylic oxidation sites excluding steroid dienone is 5. The summed E-state index contributed by atoms with van der Waals surface area (Å²) in [5.74, 6) is 0.310. The molecule has 68 valence electrons. The van der Waals surface area contributed by atoms with Crippen molar-refractivity contribution in [2.24, 2.45) is 0 Å². The van der Waals surface area contributed by atoms with E-state index in [1.165, 1.54) is 0 Å². The third-order valence-electron chi connectivity index (χ3n) is 1.54. The van der Waals surface area contributed by atoms with Crippen molar-refractivity contribution in [2.45, 2.75) is 13.8 Å². The van der Waals surface area contributed by atoms with E-state index in [0.29, 0.717) is 11.3 Å². The minimum Gasteiger partial charge on any atom is -0.423 e. The molecule has 13 heavy (non-hydrogen) atoms. The van der Waals surface area contributed by atoms with Gasteiger partial charge in [0, 0.05) is 0 Å². The van der Waals surface area contributed by atoms with E-state index < -0.39 is 0 Å². The predicted molar refractivity (Wildman–Crippen MR) is 51.9 cm³/mol. The molecule has 0 unspecified atom stereocenters. The van der Waals surface area contributed by atoms with Crippen LogP contribution in [0.15, 0.2) is 47.8 Å². The summed E-state index contributed by atoms with van der Waals surface area (Å²) in [7, 11) is 0. The van der Waals surface area contributed by atoms with Crippen LogP contribution < -0.4 is 0 Å². The number of rotatable bonds is 2. The molecular formula is C11H12O2. The third-order valence-corrected chi connectivity index (χ3v) is 1.54. The zero-order valence-electron chi connectivity index (χ0n) is 7.78. The van der Waals surface area contributed by atoms with Crippen LogP contribution in [0.1, 0.15) is 13.8 Å². The summed E-state index contributed by atoms with van der Waals surface area (Å²) in [6, 6.07) is 0. The van der Waals surface area contributed by atoms with Crippen molar-refractivity contribution in [3.8, 4) is 0 Å². The van der Waals surface area contributed by atoms with E-state index in [1.54, 1.807) is 18.2 Å². The molecule has 0 saturated carbocycles. The predicted octanol–water partition coefficient (Wildman–Crippen LogP) is 2.51. The maximum atomic E-state index is 11.1. The number of cyclic esters (lactones) is 1. The van der Waals surface area contributed by atoms with Gasteiger partial charge in [-0.2, -0.15) is 0 Å². The van der Waals surface area contributed by atoms with E-state index in [1.807, 2.05) is 32.1 Å². The van der Waals surface area contributed by atoms with Crippen molar-refractivity contribution in [2.75, 3.05) is 0 Å². The van der Waals surface area contributed by atoms with Crippen LogP contribution in [-0.2, 0) is 9.53 Å². The molecule has 0 aromatic carbocycles. The van der Waals surface area contributed by atoms with Gasteiger partial charge in [-0.3, -0.25) is 0 Å². The average Bonchev–Trinajstić information content (AvgIpc) is 2.45. The molecule has 0 atom stereocenters. The van der Waals surface area contributed by atoms with E-state index in [0.717, 1.165) is 0 Å². The zero-order valence-corrected chi connectivity index (χ0v) is 7.78. The first-order valence-electron chi connectivity index (χ1n) is 4.17. The third kappa shape index (κ3) is 2.44. The van der Waals surface area contributed by atoms with Gasteiger partial charge in [-0.1, -0.05) is 24.3 Å². The highest BCUT2D eigenvalue weighted by molar-refractivity contribution is 5.95. The number of carbonyl (C=O) groups is 1. The van der Waals surface area contributed by atoms with Crippen molar-refractivity contribution in [3.05, 3.63) is 47.8 Å². The molecule has 0 aliphatic carbocycles. The molecule has 0 fully saturated rings. The van der Waals surface area contributed by atoms with Gasteiger partial charge >= 0.3 is 5.97 Å². The van der Waals surface area contributed by atoms with E-state index >= 15 is 0 Å². The Morgan fingerprint density at radius 2 is 2.08 bits per heavy atom. The Kier molecular flexibility index (Phi) is 3.26. The molecule has 0 saturated heterocycles. The lowest BCUT2D eigenvalue weighted by molar-refractivity contribution is -0.132. The second kappa shape index (κ2) is 4.45. The Morgan fingerprint density at radius 1 is 1.31 bits per heavy atom. The van der Waals surface area contributed by atoms with E-state index in [2.05, 4.69) is 0 Å². The van der Waals surface area contributed by atoms with Crippen molar-refractivity contribution in [1.29, 1.82) is 0 Å². The second-order valence-corrected chi connectivity index (χ2v) is 2.58. The van der Waals surface area contributed by atoms with Gasteiger partial charge in [-0.15, -0.1) is 0 Å². The topological polar surface area (TPSA) is 26.3 Å². The SMILES string of the molecule is CC=CC=C1C=C(C=CC)C(=O)O1. The minimum absolute atomic E-state index is 0.283. The standard InChI is InChI=1S/C11H12O2/c1-3-5-7-10-8-9(6-4-2)11(12)13-10/h3-8H,1-2H3. The highest BCUT2D eigenvalue weighted by Gasteiger charge is 2.17. The molecule has 0 spiro atoms. The van der Waals surface area contributed by atoms with Gasteiger partial charge in [0.1, 0.15) is 5.76 Å². The van der Waals surface area contributed by atoms with E-state index in [9.17, 15) is 4.79 Å². The molecule has 1 rings (SSSR count). The van der Waals surface area contributed by atoms with Crippen LogP contribution in [0, 0.1) is 0 Å². The Hall–Kier alpha value is -1.57.